The van der Waals surface area contributed by atoms with Crippen LogP contribution in [-0.4, -0.2) is 24.6 Å². The molecule has 0 spiro atoms. The molecule has 212 valence electrons. The molecule has 3 unspecified atom stereocenters. The molecule has 3 atom stereocenters. The summed E-state index contributed by atoms with van der Waals surface area (Å²) in [5.74, 6) is 3.02. The fourth-order valence-corrected chi connectivity index (χ4v) is 10.8. The van der Waals surface area contributed by atoms with Gasteiger partial charge in [-0.25, -0.2) is 0 Å². The van der Waals surface area contributed by atoms with Gasteiger partial charge in [-0.05, 0) is 63.2 Å². The quantitative estimate of drug-likeness (QED) is 0.112. The van der Waals surface area contributed by atoms with E-state index < -0.39 is 15.1 Å². The molecule has 0 radical (unpaired) electrons. The first-order chi connectivity index (χ1) is 15.5. The predicted octanol–water partition coefficient (Wildman–Crippen LogP) is 13.1. The van der Waals surface area contributed by atoms with Crippen molar-refractivity contribution in [1.29, 1.82) is 0 Å². The second-order valence-corrected chi connectivity index (χ2v) is 16.7. The van der Waals surface area contributed by atoms with Crippen LogP contribution in [-0.2, 0) is 0 Å². The van der Waals surface area contributed by atoms with E-state index >= 15 is 0 Å². The molecule has 0 aliphatic rings. The molecule has 34 heavy (non-hydrogen) atoms. The first kappa shape index (κ1) is 36.6. The Bertz CT molecular complexity index is 435. The van der Waals surface area contributed by atoms with E-state index in [2.05, 4.69) is 48.5 Å². The van der Waals surface area contributed by atoms with Crippen LogP contribution in [0.1, 0.15) is 126 Å². The van der Waals surface area contributed by atoms with E-state index in [1.807, 2.05) is 0 Å². The maximum absolute atomic E-state index is 10.7. The van der Waals surface area contributed by atoms with Gasteiger partial charge in [0, 0.05) is 7.26 Å². The molecule has 0 heterocycles. The van der Waals surface area contributed by atoms with E-state index in [1.54, 1.807) is 18.5 Å². The Hall–Kier alpha value is 0.440. The van der Waals surface area contributed by atoms with E-state index in [9.17, 15) is 25.2 Å². The summed E-state index contributed by atoms with van der Waals surface area (Å²) in [5.41, 5.74) is 0. The molecule has 0 saturated heterocycles. The summed E-state index contributed by atoms with van der Waals surface area (Å²) >= 11 is 0. The zero-order valence-electron chi connectivity index (χ0n) is 23.2. The summed E-state index contributed by atoms with van der Waals surface area (Å²) < 4.78 is 59.2. The van der Waals surface area contributed by atoms with Crippen molar-refractivity contribution in [2.75, 3.05) is 24.6 Å². The molecule has 0 aromatic heterocycles. The molecule has 0 bridgehead atoms. The zero-order chi connectivity index (χ0) is 27.0. The molecular weight excluding hydrogens is 488 g/mol. The fourth-order valence-electron chi connectivity index (χ4n) is 5.01. The van der Waals surface area contributed by atoms with E-state index in [4.69, 9.17) is 0 Å². The number of unbranched alkanes of at least 4 members (excludes halogenated alkanes) is 3. The summed E-state index contributed by atoms with van der Waals surface area (Å²) in [6.45, 7) is 17.1. The number of halogens is 6. The SMILES string of the molecule is CCCCC(CC)C[P+](CC)(CC(CC)CCCC)CC(CC)CCCC.F[P-](F)(F)(F)(F)F. The van der Waals surface area contributed by atoms with Crippen molar-refractivity contribution in [2.45, 2.75) is 126 Å². The fraction of sp³-hybridized carbons (Fsp3) is 1.00. The van der Waals surface area contributed by atoms with Crippen molar-refractivity contribution in [3.8, 4) is 0 Å². The minimum atomic E-state index is -10.7. The zero-order valence-corrected chi connectivity index (χ0v) is 25.0. The van der Waals surface area contributed by atoms with E-state index in [1.165, 1.54) is 83.2 Å². The average molecular weight is 545 g/mol. The third-order valence-corrected chi connectivity index (χ3v) is 12.5. The molecule has 0 N–H and O–H groups in total. The summed E-state index contributed by atoms with van der Waals surface area (Å²) in [7, 11) is -11.5. The summed E-state index contributed by atoms with van der Waals surface area (Å²) in [5, 5.41) is 0. The van der Waals surface area contributed by atoms with E-state index in [0.29, 0.717) is 0 Å². The Labute approximate surface area is 208 Å². The Kier molecular flexibility index (Phi) is 17.6. The molecule has 0 saturated carbocycles. The Morgan fingerprint density at radius 1 is 0.500 bits per heavy atom. The van der Waals surface area contributed by atoms with Crippen molar-refractivity contribution >= 4 is 15.1 Å². The van der Waals surface area contributed by atoms with Gasteiger partial charge in [0.25, 0.3) is 0 Å². The summed E-state index contributed by atoms with van der Waals surface area (Å²) in [4.78, 5) is 0. The van der Waals surface area contributed by atoms with Gasteiger partial charge in [0.15, 0.2) is 0 Å². The van der Waals surface area contributed by atoms with Gasteiger partial charge in [-0.3, -0.25) is 0 Å². The Balaban J connectivity index is 0. The van der Waals surface area contributed by atoms with Gasteiger partial charge in [0.1, 0.15) is 0 Å². The standard InChI is InChI=1S/C26H56P.F6P/c1-8-15-18-24(11-4)21-27(14-7,22-25(12-5)19-16-9-2)23-26(13-6)20-17-10-3;1-7(2,3,4,5)6/h24-26H,8-23H2,1-7H3;/q+1;-1. The molecule has 8 heteroatoms. The first-order valence-electron chi connectivity index (χ1n) is 13.9. The van der Waals surface area contributed by atoms with Crippen LogP contribution >= 0.6 is 15.1 Å². The van der Waals surface area contributed by atoms with Gasteiger partial charge in [0.05, 0.1) is 24.6 Å². The van der Waals surface area contributed by atoms with Crippen LogP contribution in [0.3, 0.4) is 0 Å². The minimum absolute atomic E-state index is 0.816. The van der Waals surface area contributed by atoms with Crippen LogP contribution < -0.4 is 0 Å². The van der Waals surface area contributed by atoms with Crippen molar-refractivity contribution < 1.29 is 25.2 Å². The van der Waals surface area contributed by atoms with Crippen LogP contribution in [0.4, 0.5) is 25.2 Å². The van der Waals surface area contributed by atoms with Gasteiger partial charge >= 0.3 is 33.0 Å². The second-order valence-electron chi connectivity index (χ2n) is 10.4. The predicted molar refractivity (Wildman–Crippen MR) is 146 cm³/mol. The number of rotatable bonds is 19. The number of hydrogen-bond acceptors (Lipinski definition) is 0. The third-order valence-electron chi connectivity index (χ3n) is 7.24. The normalized spacial score (nSPS) is 18.6. The van der Waals surface area contributed by atoms with E-state index in [-0.39, 0.29) is 0 Å². The average Bonchev–Trinajstić information content (AvgIpc) is 2.74. The van der Waals surface area contributed by atoms with Crippen LogP contribution in [0.5, 0.6) is 0 Å². The van der Waals surface area contributed by atoms with Gasteiger partial charge in [-0.15, -0.1) is 0 Å². The first-order valence-corrected chi connectivity index (χ1v) is 18.5. The van der Waals surface area contributed by atoms with Crippen molar-refractivity contribution in [3.63, 3.8) is 0 Å². The van der Waals surface area contributed by atoms with Gasteiger partial charge in [-0.1, -0.05) is 80.1 Å². The molecule has 0 aromatic rings. The molecule has 0 rings (SSSR count). The third kappa shape index (κ3) is 24.1. The van der Waals surface area contributed by atoms with Gasteiger partial charge in [0.2, 0.25) is 0 Å². The molecular formula is C26H56F6P2. The van der Waals surface area contributed by atoms with Crippen molar-refractivity contribution in [1.82, 2.24) is 0 Å². The van der Waals surface area contributed by atoms with Crippen LogP contribution in [0.15, 0.2) is 0 Å². The Morgan fingerprint density at radius 2 is 0.735 bits per heavy atom. The van der Waals surface area contributed by atoms with E-state index in [0.717, 1.165) is 17.8 Å². The maximum atomic E-state index is 9.87. The number of hydrogen-bond donors (Lipinski definition) is 0. The molecule has 0 fully saturated rings. The van der Waals surface area contributed by atoms with Gasteiger partial charge < -0.3 is 0 Å². The Morgan fingerprint density at radius 3 is 0.882 bits per heavy atom. The van der Waals surface area contributed by atoms with Crippen LogP contribution in [0.25, 0.3) is 0 Å². The van der Waals surface area contributed by atoms with Crippen molar-refractivity contribution in [3.05, 3.63) is 0 Å². The summed E-state index contributed by atoms with van der Waals surface area (Å²) in [6.07, 6.45) is 23.5. The molecule has 0 amide bonds. The molecule has 0 aromatic carbocycles. The van der Waals surface area contributed by atoms with Gasteiger partial charge in [-0.2, -0.15) is 0 Å². The molecule has 0 nitrogen and oxygen atoms in total. The van der Waals surface area contributed by atoms with Crippen LogP contribution in [0.2, 0.25) is 0 Å². The summed E-state index contributed by atoms with van der Waals surface area (Å²) in [6, 6.07) is 0. The molecule has 0 aliphatic heterocycles. The van der Waals surface area contributed by atoms with Crippen molar-refractivity contribution in [2.24, 2.45) is 17.8 Å². The molecule has 0 aliphatic carbocycles. The topological polar surface area (TPSA) is 0 Å². The second kappa shape index (κ2) is 16.3. The monoisotopic (exact) mass is 544 g/mol. The van der Waals surface area contributed by atoms with Crippen LogP contribution in [0, 0.1) is 17.8 Å².